The number of rotatable bonds is 8. The van der Waals surface area contributed by atoms with Gasteiger partial charge in [0.05, 0.1) is 5.75 Å². The van der Waals surface area contributed by atoms with Crippen LogP contribution in [0.5, 0.6) is 0 Å². The molecule has 26 heavy (non-hydrogen) atoms. The van der Waals surface area contributed by atoms with Crippen molar-refractivity contribution in [3.05, 3.63) is 28.2 Å². The van der Waals surface area contributed by atoms with E-state index >= 15 is 0 Å². The molecule has 0 aromatic carbocycles. The molecular formula is C17H23N5O2S2. The number of hydrogen-bond donors (Lipinski definition) is 2. The summed E-state index contributed by atoms with van der Waals surface area (Å²) in [6, 6.07) is 4.10. The number of carbonyl (C=O) groups is 2. The summed E-state index contributed by atoms with van der Waals surface area (Å²) in [5.41, 5.74) is 0. The van der Waals surface area contributed by atoms with Crippen LogP contribution in [0.25, 0.3) is 0 Å². The van der Waals surface area contributed by atoms with Crippen LogP contribution in [0.1, 0.15) is 43.4 Å². The minimum absolute atomic E-state index is 0.138. The fourth-order valence-corrected chi connectivity index (χ4v) is 3.95. The van der Waals surface area contributed by atoms with Gasteiger partial charge in [-0.05, 0) is 30.2 Å². The fourth-order valence-electron chi connectivity index (χ4n) is 2.43. The Hall–Kier alpha value is -1.87. The van der Waals surface area contributed by atoms with E-state index in [4.69, 9.17) is 0 Å². The molecule has 0 unspecified atom stereocenters. The SMILES string of the molecule is CC(C)CNC(=O)NC(=O)CSc1nnc(Cc2cccs2)n1C1CC1. The fraction of sp³-hybridized carbons (Fsp3) is 0.529. The molecule has 1 aliphatic rings. The van der Waals surface area contributed by atoms with E-state index in [-0.39, 0.29) is 11.7 Å². The Labute approximate surface area is 161 Å². The Morgan fingerprint density at radius 1 is 1.38 bits per heavy atom. The van der Waals surface area contributed by atoms with Crippen molar-refractivity contribution in [2.75, 3.05) is 12.3 Å². The van der Waals surface area contributed by atoms with Gasteiger partial charge in [0.1, 0.15) is 5.82 Å². The van der Waals surface area contributed by atoms with Crippen molar-refractivity contribution in [2.45, 2.75) is 44.3 Å². The maximum absolute atomic E-state index is 12.0. The van der Waals surface area contributed by atoms with Crippen LogP contribution in [0.3, 0.4) is 0 Å². The predicted octanol–water partition coefficient (Wildman–Crippen LogP) is 2.84. The summed E-state index contributed by atoms with van der Waals surface area (Å²) >= 11 is 3.03. The number of carbonyl (C=O) groups excluding carboxylic acids is 2. The summed E-state index contributed by atoms with van der Waals surface area (Å²) in [6.07, 6.45) is 2.99. The number of thiophene rings is 1. The molecule has 0 bridgehead atoms. The van der Waals surface area contributed by atoms with Gasteiger partial charge in [-0.1, -0.05) is 31.7 Å². The number of aromatic nitrogens is 3. The van der Waals surface area contributed by atoms with E-state index in [2.05, 4.69) is 36.8 Å². The van der Waals surface area contributed by atoms with E-state index in [0.29, 0.717) is 18.5 Å². The van der Waals surface area contributed by atoms with Gasteiger partial charge in [0, 0.05) is 23.9 Å². The minimum atomic E-state index is -0.452. The zero-order valence-electron chi connectivity index (χ0n) is 14.9. The Balaban J connectivity index is 1.55. The van der Waals surface area contributed by atoms with Crippen molar-refractivity contribution in [1.82, 2.24) is 25.4 Å². The van der Waals surface area contributed by atoms with Gasteiger partial charge in [0.15, 0.2) is 5.16 Å². The highest BCUT2D eigenvalue weighted by atomic mass is 32.2. The van der Waals surface area contributed by atoms with Gasteiger partial charge in [-0.3, -0.25) is 10.1 Å². The van der Waals surface area contributed by atoms with E-state index in [1.807, 2.05) is 19.9 Å². The van der Waals surface area contributed by atoms with Crippen LogP contribution < -0.4 is 10.6 Å². The highest BCUT2D eigenvalue weighted by Crippen LogP contribution is 2.39. The van der Waals surface area contributed by atoms with Crippen molar-refractivity contribution in [3.8, 4) is 0 Å². The van der Waals surface area contributed by atoms with Crippen molar-refractivity contribution in [1.29, 1.82) is 0 Å². The van der Waals surface area contributed by atoms with E-state index in [0.717, 1.165) is 30.2 Å². The third-order valence-electron chi connectivity index (χ3n) is 3.82. The monoisotopic (exact) mass is 393 g/mol. The van der Waals surface area contributed by atoms with Gasteiger partial charge in [-0.2, -0.15) is 0 Å². The second-order valence-electron chi connectivity index (χ2n) is 6.70. The zero-order valence-corrected chi connectivity index (χ0v) is 16.5. The lowest BCUT2D eigenvalue weighted by molar-refractivity contribution is -0.117. The molecule has 140 valence electrons. The topological polar surface area (TPSA) is 88.9 Å². The molecule has 2 aromatic heterocycles. The van der Waals surface area contributed by atoms with Crippen LogP contribution in [0.4, 0.5) is 4.79 Å². The van der Waals surface area contributed by atoms with Gasteiger partial charge < -0.3 is 9.88 Å². The van der Waals surface area contributed by atoms with E-state index in [1.165, 1.54) is 16.6 Å². The number of imide groups is 1. The van der Waals surface area contributed by atoms with Crippen LogP contribution in [-0.4, -0.2) is 39.0 Å². The van der Waals surface area contributed by atoms with Crippen LogP contribution in [0, 0.1) is 5.92 Å². The summed E-state index contributed by atoms with van der Waals surface area (Å²) in [5.74, 6) is 1.08. The van der Waals surface area contributed by atoms with Crippen molar-refractivity contribution in [3.63, 3.8) is 0 Å². The molecule has 1 fully saturated rings. The number of hydrogen-bond acceptors (Lipinski definition) is 6. The Morgan fingerprint density at radius 3 is 2.85 bits per heavy atom. The lowest BCUT2D eigenvalue weighted by Gasteiger charge is -2.09. The van der Waals surface area contributed by atoms with Crippen molar-refractivity contribution in [2.24, 2.45) is 5.92 Å². The Morgan fingerprint density at radius 2 is 2.19 bits per heavy atom. The molecule has 2 N–H and O–H groups in total. The number of urea groups is 1. The third kappa shape index (κ3) is 5.31. The van der Waals surface area contributed by atoms with E-state index in [1.54, 1.807) is 11.3 Å². The van der Waals surface area contributed by atoms with Crippen LogP contribution >= 0.6 is 23.1 Å². The lowest BCUT2D eigenvalue weighted by atomic mass is 10.2. The quantitative estimate of drug-likeness (QED) is 0.673. The normalized spacial score (nSPS) is 13.8. The first-order chi connectivity index (χ1) is 12.5. The first-order valence-electron chi connectivity index (χ1n) is 8.69. The highest BCUT2D eigenvalue weighted by molar-refractivity contribution is 7.99. The molecular weight excluding hydrogens is 370 g/mol. The second kappa shape index (κ2) is 8.68. The van der Waals surface area contributed by atoms with Gasteiger partial charge in [0.2, 0.25) is 5.91 Å². The number of nitrogens with zero attached hydrogens (tertiary/aromatic N) is 3. The molecule has 0 saturated heterocycles. The molecule has 1 aliphatic carbocycles. The van der Waals surface area contributed by atoms with Gasteiger partial charge in [-0.15, -0.1) is 21.5 Å². The maximum Gasteiger partial charge on any atom is 0.321 e. The molecule has 3 amide bonds. The molecule has 2 aromatic rings. The smallest absolute Gasteiger partial charge is 0.321 e. The van der Waals surface area contributed by atoms with Crippen LogP contribution in [-0.2, 0) is 11.2 Å². The highest BCUT2D eigenvalue weighted by Gasteiger charge is 2.30. The molecule has 1 saturated carbocycles. The van der Waals surface area contributed by atoms with Crippen molar-refractivity contribution >= 4 is 35.0 Å². The van der Waals surface area contributed by atoms with E-state index in [9.17, 15) is 9.59 Å². The van der Waals surface area contributed by atoms with Crippen LogP contribution in [0.2, 0.25) is 0 Å². The number of amides is 3. The molecule has 0 spiro atoms. The van der Waals surface area contributed by atoms with Gasteiger partial charge in [-0.25, -0.2) is 4.79 Å². The molecule has 0 radical (unpaired) electrons. The lowest BCUT2D eigenvalue weighted by Crippen LogP contribution is -2.41. The summed E-state index contributed by atoms with van der Waals surface area (Å²) in [4.78, 5) is 24.9. The summed E-state index contributed by atoms with van der Waals surface area (Å²) in [5, 5.41) is 16.4. The van der Waals surface area contributed by atoms with Gasteiger partial charge >= 0.3 is 6.03 Å². The molecule has 0 aliphatic heterocycles. The number of thioether (sulfide) groups is 1. The Kier molecular flexibility index (Phi) is 6.31. The first-order valence-corrected chi connectivity index (χ1v) is 10.6. The molecule has 0 atom stereocenters. The Bertz CT molecular complexity index is 753. The van der Waals surface area contributed by atoms with Gasteiger partial charge in [0.25, 0.3) is 0 Å². The number of nitrogens with one attached hydrogen (secondary N) is 2. The van der Waals surface area contributed by atoms with Crippen LogP contribution in [0.15, 0.2) is 22.7 Å². The second-order valence-corrected chi connectivity index (χ2v) is 8.67. The molecule has 3 rings (SSSR count). The average Bonchev–Trinajstić information content (AvgIpc) is 3.14. The average molecular weight is 394 g/mol. The maximum atomic E-state index is 12.0. The molecule has 7 nitrogen and oxygen atoms in total. The minimum Gasteiger partial charge on any atom is -0.338 e. The third-order valence-corrected chi connectivity index (χ3v) is 5.64. The van der Waals surface area contributed by atoms with Crippen molar-refractivity contribution < 1.29 is 9.59 Å². The molecule has 9 heteroatoms. The zero-order chi connectivity index (χ0) is 18.5. The summed E-state index contributed by atoms with van der Waals surface area (Å²) in [7, 11) is 0. The first kappa shape index (κ1) is 18.9. The summed E-state index contributed by atoms with van der Waals surface area (Å²) in [6.45, 7) is 4.53. The molecule has 2 heterocycles. The predicted molar refractivity (Wildman–Crippen MR) is 103 cm³/mol. The van der Waals surface area contributed by atoms with E-state index < -0.39 is 6.03 Å². The largest absolute Gasteiger partial charge is 0.338 e. The summed E-state index contributed by atoms with van der Waals surface area (Å²) < 4.78 is 2.15. The standard InChI is InChI=1S/C17H23N5O2S2/c1-11(2)9-18-16(24)19-15(23)10-26-17-21-20-14(22(17)12-5-6-12)8-13-4-3-7-25-13/h3-4,7,11-12H,5-6,8-10H2,1-2H3,(H2,18,19,23,24).